The number of hydrogen-bond donors (Lipinski definition) is 1. The third kappa shape index (κ3) is 2.34. The van der Waals surface area contributed by atoms with Crippen LogP contribution in [0.3, 0.4) is 0 Å². The van der Waals surface area contributed by atoms with Crippen LogP contribution in [0.2, 0.25) is 0 Å². The molecule has 2 heterocycles. The molecule has 0 aromatic heterocycles. The Hall–Kier alpha value is -0.0800. The first-order valence-electron chi connectivity index (χ1n) is 8.00. The summed E-state index contributed by atoms with van der Waals surface area (Å²) in [6.45, 7) is 4.87. The zero-order chi connectivity index (χ0) is 12.7. The number of hydrogen-bond acceptors (Lipinski definition) is 2. The fraction of sp³-hybridized carbons (Fsp3) is 1.00. The molecule has 0 aromatic rings. The molecule has 6 unspecified atom stereocenters. The van der Waals surface area contributed by atoms with Gasteiger partial charge in [-0.2, -0.15) is 0 Å². The second kappa shape index (κ2) is 5.13. The molecule has 1 aliphatic carbocycles. The molecule has 2 bridgehead atoms. The molecule has 18 heavy (non-hydrogen) atoms. The van der Waals surface area contributed by atoms with E-state index in [0.29, 0.717) is 18.2 Å². The van der Waals surface area contributed by atoms with Crippen molar-refractivity contribution in [2.24, 2.45) is 23.7 Å². The van der Waals surface area contributed by atoms with Crippen molar-refractivity contribution in [1.29, 1.82) is 0 Å². The van der Waals surface area contributed by atoms with Gasteiger partial charge in [0, 0.05) is 12.0 Å². The summed E-state index contributed by atoms with van der Waals surface area (Å²) in [5.74, 6) is 3.49. The van der Waals surface area contributed by atoms with E-state index in [9.17, 15) is 0 Å². The third-order valence-corrected chi connectivity index (χ3v) is 5.67. The topological polar surface area (TPSA) is 21.3 Å². The Labute approximate surface area is 112 Å². The van der Waals surface area contributed by atoms with Crippen LogP contribution in [0.25, 0.3) is 0 Å². The first-order valence-corrected chi connectivity index (χ1v) is 8.00. The Morgan fingerprint density at radius 2 is 1.72 bits per heavy atom. The van der Waals surface area contributed by atoms with Crippen LogP contribution in [0, 0.1) is 23.7 Å². The molecule has 1 N–H and O–H groups in total. The minimum Gasteiger partial charge on any atom is -0.375 e. The van der Waals surface area contributed by atoms with Gasteiger partial charge in [-0.25, -0.2) is 0 Å². The maximum atomic E-state index is 6.07. The molecule has 0 radical (unpaired) electrons. The van der Waals surface area contributed by atoms with Gasteiger partial charge in [-0.3, -0.25) is 0 Å². The zero-order valence-corrected chi connectivity index (χ0v) is 12.2. The highest BCUT2D eigenvalue weighted by atomic mass is 16.5. The van der Waals surface area contributed by atoms with Gasteiger partial charge in [0.25, 0.3) is 0 Å². The van der Waals surface area contributed by atoms with E-state index < -0.39 is 0 Å². The molecule has 2 aliphatic heterocycles. The summed E-state index contributed by atoms with van der Waals surface area (Å²) in [5, 5.41) is 3.66. The lowest BCUT2D eigenvalue weighted by atomic mass is 9.69. The first-order chi connectivity index (χ1) is 8.67. The molecule has 6 atom stereocenters. The van der Waals surface area contributed by atoms with Gasteiger partial charge in [-0.05, 0) is 63.3 Å². The summed E-state index contributed by atoms with van der Waals surface area (Å²) >= 11 is 0. The summed E-state index contributed by atoms with van der Waals surface area (Å²) in [5.41, 5.74) is 0. The van der Waals surface area contributed by atoms with Crippen LogP contribution in [0.5, 0.6) is 0 Å². The predicted molar refractivity (Wildman–Crippen MR) is 74.5 cm³/mol. The van der Waals surface area contributed by atoms with Crippen molar-refractivity contribution in [2.75, 3.05) is 7.05 Å². The molecule has 104 valence electrons. The summed E-state index contributed by atoms with van der Waals surface area (Å²) in [6, 6.07) is 0.700. The Morgan fingerprint density at radius 3 is 2.22 bits per heavy atom. The van der Waals surface area contributed by atoms with Gasteiger partial charge in [0.2, 0.25) is 0 Å². The smallest absolute Gasteiger partial charge is 0.0623 e. The van der Waals surface area contributed by atoms with Crippen molar-refractivity contribution in [3.63, 3.8) is 0 Å². The fourth-order valence-corrected chi connectivity index (χ4v) is 5.16. The van der Waals surface area contributed by atoms with Crippen LogP contribution < -0.4 is 5.32 Å². The summed E-state index contributed by atoms with van der Waals surface area (Å²) in [7, 11) is 2.17. The Kier molecular flexibility index (Phi) is 3.68. The molecular weight excluding hydrogens is 222 g/mol. The van der Waals surface area contributed by atoms with Crippen LogP contribution in [-0.4, -0.2) is 25.3 Å². The van der Waals surface area contributed by atoms with Gasteiger partial charge in [0.15, 0.2) is 0 Å². The summed E-state index contributed by atoms with van der Waals surface area (Å²) in [6.07, 6.45) is 9.37. The largest absolute Gasteiger partial charge is 0.375 e. The molecule has 3 rings (SSSR count). The fourth-order valence-electron chi connectivity index (χ4n) is 5.16. The molecule has 1 saturated carbocycles. The van der Waals surface area contributed by atoms with Crippen LogP contribution >= 0.6 is 0 Å². The second-order valence-corrected chi connectivity index (χ2v) is 7.27. The Balaban J connectivity index is 1.68. The lowest BCUT2D eigenvalue weighted by Crippen LogP contribution is -2.46. The lowest BCUT2D eigenvalue weighted by Gasteiger charge is -2.40. The van der Waals surface area contributed by atoms with E-state index in [2.05, 4.69) is 26.2 Å². The second-order valence-electron chi connectivity index (χ2n) is 7.27. The lowest BCUT2D eigenvalue weighted by molar-refractivity contribution is 0.0699. The molecule has 2 heteroatoms. The third-order valence-electron chi connectivity index (χ3n) is 5.67. The monoisotopic (exact) mass is 251 g/mol. The minimum absolute atomic E-state index is 0.569. The van der Waals surface area contributed by atoms with Gasteiger partial charge in [0.1, 0.15) is 0 Å². The first kappa shape index (κ1) is 12.9. The molecule has 3 aliphatic rings. The highest BCUT2D eigenvalue weighted by molar-refractivity contribution is 4.98. The van der Waals surface area contributed by atoms with E-state index in [1.54, 1.807) is 0 Å². The van der Waals surface area contributed by atoms with Crippen molar-refractivity contribution in [2.45, 2.75) is 70.6 Å². The van der Waals surface area contributed by atoms with Crippen molar-refractivity contribution >= 4 is 0 Å². The van der Waals surface area contributed by atoms with E-state index in [0.717, 1.165) is 23.7 Å². The van der Waals surface area contributed by atoms with Gasteiger partial charge in [-0.15, -0.1) is 0 Å². The van der Waals surface area contributed by atoms with E-state index in [1.807, 2.05) is 0 Å². The van der Waals surface area contributed by atoms with Crippen LogP contribution in [0.1, 0.15) is 52.4 Å². The Bertz CT molecular complexity index is 283. The average Bonchev–Trinajstić information content (AvgIpc) is 2.90. The molecule has 0 spiro atoms. The average molecular weight is 251 g/mol. The summed E-state index contributed by atoms with van der Waals surface area (Å²) < 4.78 is 6.07. The molecular formula is C16H29NO. The highest BCUT2D eigenvalue weighted by Crippen LogP contribution is 2.45. The number of rotatable bonds is 3. The highest BCUT2D eigenvalue weighted by Gasteiger charge is 2.46. The van der Waals surface area contributed by atoms with Gasteiger partial charge < -0.3 is 10.1 Å². The van der Waals surface area contributed by atoms with Crippen molar-refractivity contribution in [1.82, 2.24) is 5.32 Å². The van der Waals surface area contributed by atoms with E-state index in [-0.39, 0.29) is 0 Å². The molecule has 0 amide bonds. The number of ether oxygens (including phenoxy) is 1. The predicted octanol–water partition coefficient (Wildman–Crippen LogP) is 3.21. The number of fused-ring (bicyclic) bond motifs is 2. The zero-order valence-electron chi connectivity index (χ0n) is 12.2. The van der Waals surface area contributed by atoms with Gasteiger partial charge in [0.05, 0.1) is 12.2 Å². The molecule has 2 nitrogen and oxygen atoms in total. The Morgan fingerprint density at radius 1 is 1.00 bits per heavy atom. The maximum Gasteiger partial charge on any atom is 0.0623 e. The van der Waals surface area contributed by atoms with E-state index in [1.165, 1.54) is 38.5 Å². The van der Waals surface area contributed by atoms with E-state index >= 15 is 0 Å². The van der Waals surface area contributed by atoms with Crippen LogP contribution in [-0.2, 0) is 4.74 Å². The number of nitrogens with one attached hydrogen (secondary N) is 1. The standard InChI is InChI=1S/C16H29NO/c1-10-6-11(2)8-12(7-10)16(17-3)14-9-13-4-5-15(14)18-13/h10-17H,4-9H2,1-3H3. The normalized spacial score (nSPS) is 49.5. The molecule has 2 saturated heterocycles. The van der Waals surface area contributed by atoms with Crippen LogP contribution in [0.15, 0.2) is 0 Å². The SMILES string of the molecule is CNC(C1CC(C)CC(C)C1)C1CC2CCC1O2. The quantitative estimate of drug-likeness (QED) is 0.831. The minimum atomic E-state index is 0.569. The molecule has 3 fully saturated rings. The maximum absolute atomic E-state index is 6.07. The van der Waals surface area contributed by atoms with Gasteiger partial charge in [-0.1, -0.05) is 13.8 Å². The molecule has 0 aromatic carbocycles. The summed E-state index contributed by atoms with van der Waals surface area (Å²) in [4.78, 5) is 0. The van der Waals surface area contributed by atoms with Gasteiger partial charge >= 0.3 is 0 Å². The van der Waals surface area contributed by atoms with Crippen LogP contribution in [0.4, 0.5) is 0 Å². The van der Waals surface area contributed by atoms with Crippen molar-refractivity contribution in [3.05, 3.63) is 0 Å². The van der Waals surface area contributed by atoms with E-state index in [4.69, 9.17) is 4.74 Å². The van der Waals surface area contributed by atoms with Crippen molar-refractivity contribution < 1.29 is 4.74 Å². The van der Waals surface area contributed by atoms with Crippen molar-refractivity contribution in [3.8, 4) is 0 Å².